The molecule has 1 aromatic rings. The minimum absolute atomic E-state index is 0.0674. The normalized spacial score (nSPS) is 12.3. The van der Waals surface area contributed by atoms with Crippen LogP contribution in [-0.2, 0) is 0 Å². The highest BCUT2D eigenvalue weighted by Crippen LogP contribution is 2.20. The number of benzene rings is 1. The summed E-state index contributed by atoms with van der Waals surface area (Å²) in [5.41, 5.74) is 4.53. The third kappa shape index (κ3) is 2.98. The van der Waals surface area contributed by atoms with E-state index in [1.165, 1.54) is 18.2 Å². The Morgan fingerprint density at radius 1 is 1.56 bits per heavy atom. The number of amidine groups is 1. The summed E-state index contributed by atoms with van der Waals surface area (Å²) >= 11 is 3.00. The maximum absolute atomic E-state index is 13.3. The quantitative estimate of drug-likeness (QED) is 0.344. The zero-order chi connectivity index (χ0) is 13.9. The highest BCUT2D eigenvalue weighted by atomic mass is 79.9. The summed E-state index contributed by atoms with van der Waals surface area (Å²) in [6.45, 7) is 3.13. The van der Waals surface area contributed by atoms with Gasteiger partial charge in [0.2, 0.25) is 0 Å². The molecule has 7 heteroatoms. The molecule has 0 aromatic heterocycles. The summed E-state index contributed by atoms with van der Waals surface area (Å²) in [6.07, 6.45) is 0. The smallest absolute Gasteiger partial charge is 0.253 e. The standard InChI is InChI=1S/C11H13BrFN3O2/c1-11(2,10(14)16-18)15-9(17)6-4-3-5-7(13)8(6)12/h3-5,18H,1-2H3,(H2,14,16)(H,15,17). The maximum Gasteiger partial charge on any atom is 0.253 e. The lowest BCUT2D eigenvalue weighted by atomic mass is 10.0. The molecule has 0 aliphatic carbocycles. The lowest BCUT2D eigenvalue weighted by Gasteiger charge is -2.24. The first-order valence-corrected chi connectivity index (χ1v) is 5.83. The van der Waals surface area contributed by atoms with Crippen molar-refractivity contribution in [2.75, 3.05) is 0 Å². The number of nitrogens with two attached hydrogens (primary N) is 1. The van der Waals surface area contributed by atoms with E-state index in [-0.39, 0.29) is 15.9 Å². The third-order valence-corrected chi connectivity index (χ3v) is 3.18. The Balaban J connectivity index is 3.00. The van der Waals surface area contributed by atoms with Gasteiger partial charge in [0.1, 0.15) is 5.82 Å². The maximum atomic E-state index is 13.3. The lowest BCUT2D eigenvalue weighted by Crippen LogP contribution is -2.53. The molecule has 0 aliphatic heterocycles. The Labute approximate surface area is 112 Å². The molecule has 0 bridgehead atoms. The molecule has 1 rings (SSSR count). The Morgan fingerprint density at radius 2 is 2.17 bits per heavy atom. The molecule has 1 aromatic carbocycles. The largest absolute Gasteiger partial charge is 0.409 e. The van der Waals surface area contributed by atoms with Gasteiger partial charge >= 0.3 is 0 Å². The minimum atomic E-state index is -1.04. The minimum Gasteiger partial charge on any atom is -0.409 e. The number of halogens is 2. The first-order valence-electron chi connectivity index (χ1n) is 5.04. The number of hydrogen-bond donors (Lipinski definition) is 3. The predicted octanol–water partition coefficient (Wildman–Crippen LogP) is 1.84. The van der Waals surface area contributed by atoms with Gasteiger partial charge in [-0.25, -0.2) is 4.39 Å². The Kier molecular flexibility index (Phi) is 4.28. The van der Waals surface area contributed by atoms with Gasteiger partial charge in [-0.05, 0) is 41.9 Å². The fraction of sp³-hybridized carbons (Fsp3) is 0.273. The third-order valence-electron chi connectivity index (χ3n) is 2.37. The van der Waals surface area contributed by atoms with Crippen LogP contribution in [0.2, 0.25) is 0 Å². The molecule has 4 N–H and O–H groups in total. The van der Waals surface area contributed by atoms with Crippen molar-refractivity contribution in [3.8, 4) is 0 Å². The van der Waals surface area contributed by atoms with Crippen LogP contribution in [-0.4, -0.2) is 22.5 Å². The SMILES string of the molecule is CC(C)(NC(=O)c1cccc(F)c1Br)/C(N)=N/O. The number of carbonyl (C=O) groups excluding carboxylic acids is 1. The topological polar surface area (TPSA) is 87.7 Å². The van der Waals surface area contributed by atoms with Crippen molar-refractivity contribution in [1.82, 2.24) is 5.32 Å². The first-order chi connectivity index (χ1) is 8.29. The van der Waals surface area contributed by atoms with Gasteiger partial charge in [0.05, 0.1) is 15.6 Å². The Morgan fingerprint density at radius 3 is 2.72 bits per heavy atom. The second kappa shape index (κ2) is 5.34. The fourth-order valence-corrected chi connectivity index (χ4v) is 1.66. The molecule has 0 spiro atoms. The van der Waals surface area contributed by atoms with E-state index in [0.717, 1.165) is 0 Å². The van der Waals surface area contributed by atoms with Crippen LogP contribution in [0.4, 0.5) is 4.39 Å². The van der Waals surface area contributed by atoms with E-state index in [1.807, 2.05) is 0 Å². The molecule has 0 atom stereocenters. The molecule has 18 heavy (non-hydrogen) atoms. The van der Waals surface area contributed by atoms with Gasteiger partial charge in [-0.1, -0.05) is 11.2 Å². The molecular formula is C11H13BrFN3O2. The van der Waals surface area contributed by atoms with Gasteiger partial charge in [0, 0.05) is 0 Å². The van der Waals surface area contributed by atoms with E-state index in [0.29, 0.717) is 0 Å². The van der Waals surface area contributed by atoms with Crippen molar-refractivity contribution in [3.05, 3.63) is 34.1 Å². The Bertz CT molecular complexity index is 503. The molecule has 98 valence electrons. The van der Waals surface area contributed by atoms with Crippen molar-refractivity contribution in [2.45, 2.75) is 19.4 Å². The fourth-order valence-electron chi connectivity index (χ4n) is 1.22. The molecule has 0 unspecified atom stereocenters. The van der Waals surface area contributed by atoms with Crippen molar-refractivity contribution < 1.29 is 14.4 Å². The van der Waals surface area contributed by atoms with Crippen LogP contribution < -0.4 is 11.1 Å². The zero-order valence-electron chi connectivity index (χ0n) is 9.87. The summed E-state index contributed by atoms with van der Waals surface area (Å²) in [5, 5.41) is 14.0. The second-order valence-corrected chi connectivity index (χ2v) is 4.96. The first kappa shape index (κ1) is 14.4. The molecule has 0 saturated carbocycles. The van der Waals surface area contributed by atoms with E-state index >= 15 is 0 Å². The van der Waals surface area contributed by atoms with E-state index in [4.69, 9.17) is 10.9 Å². The monoisotopic (exact) mass is 317 g/mol. The molecule has 0 aliphatic rings. The number of amides is 1. The summed E-state index contributed by atoms with van der Waals surface area (Å²) in [6, 6.07) is 4.12. The molecule has 0 fully saturated rings. The number of nitrogens with one attached hydrogen (secondary N) is 1. The highest BCUT2D eigenvalue weighted by molar-refractivity contribution is 9.10. The van der Waals surface area contributed by atoms with E-state index in [2.05, 4.69) is 26.4 Å². The molecule has 5 nitrogen and oxygen atoms in total. The van der Waals surface area contributed by atoms with Gasteiger partial charge in [0.25, 0.3) is 5.91 Å². The highest BCUT2D eigenvalue weighted by Gasteiger charge is 2.27. The Hall–Kier alpha value is -1.63. The van der Waals surface area contributed by atoms with Crippen LogP contribution in [0.5, 0.6) is 0 Å². The average Bonchev–Trinajstić information content (AvgIpc) is 2.30. The van der Waals surface area contributed by atoms with Crippen LogP contribution >= 0.6 is 15.9 Å². The number of oxime groups is 1. The molecular weight excluding hydrogens is 305 g/mol. The van der Waals surface area contributed by atoms with Crippen LogP contribution in [0, 0.1) is 5.82 Å². The number of nitrogens with zero attached hydrogens (tertiary/aromatic N) is 1. The molecule has 1 amide bonds. The van der Waals surface area contributed by atoms with E-state index < -0.39 is 17.3 Å². The molecule has 0 saturated heterocycles. The summed E-state index contributed by atoms with van der Waals surface area (Å²) < 4.78 is 13.3. The van der Waals surface area contributed by atoms with Gasteiger partial charge in [-0.15, -0.1) is 0 Å². The van der Waals surface area contributed by atoms with E-state index in [9.17, 15) is 9.18 Å². The van der Waals surface area contributed by atoms with Crippen molar-refractivity contribution in [3.63, 3.8) is 0 Å². The number of carbonyl (C=O) groups is 1. The second-order valence-electron chi connectivity index (χ2n) is 4.17. The van der Waals surface area contributed by atoms with Gasteiger partial charge in [-0.3, -0.25) is 4.79 Å². The van der Waals surface area contributed by atoms with Crippen molar-refractivity contribution in [2.24, 2.45) is 10.9 Å². The van der Waals surface area contributed by atoms with Crippen LogP contribution in [0.1, 0.15) is 24.2 Å². The van der Waals surface area contributed by atoms with E-state index in [1.54, 1.807) is 13.8 Å². The number of rotatable bonds is 3. The van der Waals surface area contributed by atoms with Crippen LogP contribution in [0.25, 0.3) is 0 Å². The summed E-state index contributed by atoms with van der Waals surface area (Å²) in [4.78, 5) is 12.0. The summed E-state index contributed by atoms with van der Waals surface area (Å²) in [7, 11) is 0. The number of hydrogen-bond acceptors (Lipinski definition) is 3. The average molecular weight is 318 g/mol. The molecule has 0 heterocycles. The predicted molar refractivity (Wildman–Crippen MR) is 69.1 cm³/mol. The van der Waals surface area contributed by atoms with Crippen molar-refractivity contribution in [1.29, 1.82) is 0 Å². The lowest BCUT2D eigenvalue weighted by molar-refractivity contribution is 0.0929. The van der Waals surface area contributed by atoms with Crippen LogP contribution in [0.3, 0.4) is 0 Å². The van der Waals surface area contributed by atoms with Crippen molar-refractivity contribution >= 4 is 27.7 Å². The zero-order valence-corrected chi connectivity index (χ0v) is 11.5. The van der Waals surface area contributed by atoms with Crippen LogP contribution in [0.15, 0.2) is 27.8 Å². The molecule has 0 radical (unpaired) electrons. The van der Waals surface area contributed by atoms with Gasteiger partial charge < -0.3 is 16.3 Å². The summed E-state index contributed by atoms with van der Waals surface area (Å²) in [5.74, 6) is -1.22. The van der Waals surface area contributed by atoms with Gasteiger partial charge in [0.15, 0.2) is 5.84 Å². The van der Waals surface area contributed by atoms with Gasteiger partial charge in [-0.2, -0.15) is 0 Å².